The highest BCUT2D eigenvalue weighted by Crippen LogP contribution is 2.39. The van der Waals surface area contributed by atoms with Gasteiger partial charge in [0, 0.05) is 19.5 Å². The third-order valence-electron chi connectivity index (χ3n) is 6.46. The zero-order valence-electron chi connectivity index (χ0n) is 23.3. The van der Waals surface area contributed by atoms with Crippen LogP contribution in [0.25, 0.3) is 11.1 Å². The molecular formula is C28H34N6O6S2. The van der Waals surface area contributed by atoms with Gasteiger partial charge < -0.3 is 31.5 Å². The smallest absolute Gasteiger partial charge is 0.326 e. The Morgan fingerprint density at radius 2 is 1.95 bits per heavy atom. The zero-order chi connectivity index (χ0) is 30.4. The van der Waals surface area contributed by atoms with E-state index in [4.69, 9.17) is 16.2 Å². The number of carbonyl (C=O) groups excluding carboxylic acids is 1. The van der Waals surface area contributed by atoms with Crippen LogP contribution < -0.4 is 26.2 Å². The molecule has 1 aliphatic heterocycles. The van der Waals surface area contributed by atoms with Gasteiger partial charge in [-0.25, -0.2) is 13.2 Å². The highest BCUT2D eigenvalue weighted by atomic mass is 32.2. The number of hydrogen-bond donors (Lipinski definition) is 5. The molecular weight excluding hydrogens is 580 g/mol. The minimum absolute atomic E-state index is 0.0270. The number of fused-ring (bicyclic) bond motifs is 1. The van der Waals surface area contributed by atoms with E-state index in [0.717, 1.165) is 40.1 Å². The topological polar surface area (TPSA) is 189 Å². The monoisotopic (exact) mass is 614 g/mol. The van der Waals surface area contributed by atoms with Crippen LogP contribution in [-0.4, -0.2) is 69.5 Å². The van der Waals surface area contributed by atoms with Crippen molar-refractivity contribution in [3.05, 3.63) is 63.8 Å². The number of benzene rings is 2. The number of nitrogens with zero attached hydrogens (tertiary/aromatic N) is 2. The molecule has 3 aromatic rings. The van der Waals surface area contributed by atoms with Crippen LogP contribution in [0.3, 0.4) is 0 Å². The number of anilines is 1. The van der Waals surface area contributed by atoms with Crippen LogP contribution in [0, 0.1) is 0 Å². The van der Waals surface area contributed by atoms with E-state index < -0.39 is 27.9 Å². The molecule has 0 radical (unpaired) electrons. The van der Waals surface area contributed by atoms with Gasteiger partial charge >= 0.3 is 5.97 Å². The molecule has 1 aliphatic rings. The van der Waals surface area contributed by atoms with Crippen molar-refractivity contribution in [3.63, 3.8) is 0 Å². The van der Waals surface area contributed by atoms with Crippen LogP contribution in [0.15, 0.2) is 57.7 Å². The predicted octanol–water partition coefficient (Wildman–Crippen LogP) is 2.45. The Labute approximate surface area is 248 Å². The molecule has 0 bridgehead atoms. The van der Waals surface area contributed by atoms with E-state index in [9.17, 15) is 23.1 Å². The Balaban J connectivity index is 1.58. The van der Waals surface area contributed by atoms with Crippen molar-refractivity contribution in [1.29, 1.82) is 0 Å². The lowest BCUT2D eigenvalue weighted by Crippen LogP contribution is -2.40. The Bertz CT molecular complexity index is 1600. The number of sulfonamides is 1. The highest BCUT2D eigenvalue weighted by Gasteiger charge is 2.29. The van der Waals surface area contributed by atoms with Gasteiger partial charge in [-0.3, -0.25) is 14.5 Å². The van der Waals surface area contributed by atoms with Gasteiger partial charge in [0.05, 0.1) is 12.3 Å². The van der Waals surface area contributed by atoms with Crippen molar-refractivity contribution >= 4 is 44.9 Å². The molecule has 4 rings (SSSR count). The molecule has 2 heterocycles. The maximum Gasteiger partial charge on any atom is 0.326 e. The Morgan fingerprint density at radius 3 is 2.67 bits per heavy atom. The second-order valence-electron chi connectivity index (χ2n) is 10.1. The molecule has 0 saturated heterocycles. The third-order valence-corrected chi connectivity index (χ3v) is 8.75. The number of rotatable bonds is 13. The number of nitrogens with one attached hydrogen (secondary N) is 2. The van der Waals surface area contributed by atoms with E-state index in [1.54, 1.807) is 11.4 Å². The van der Waals surface area contributed by atoms with Gasteiger partial charge in [0.2, 0.25) is 0 Å². The number of amides is 1. The van der Waals surface area contributed by atoms with Crippen molar-refractivity contribution in [2.45, 2.75) is 36.7 Å². The van der Waals surface area contributed by atoms with E-state index >= 15 is 0 Å². The summed E-state index contributed by atoms with van der Waals surface area (Å²) in [5, 5.41) is 13.6. The Morgan fingerprint density at radius 1 is 1.17 bits per heavy atom. The van der Waals surface area contributed by atoms with E-state index in [0.29, 0.717) is 19.4 Å². The van der Waals surface area contributed by atoms with E-state index in [-0.39, 0.29) is 40.1 Å². The first-order valence-corrected chi connectivity index (χ1v) is 15.5. The number of nitrogens with two attached hydrogens (primary N) is 2. The summed E-state index contributed by atoms with van der Waals surface area (Å²) in [6.07, 6.45) is 0.962. The SMILES string of the molecule is CN(C)Cc1cccc(-c2cc3c(c(S(=O)(=O)Nc4ccsc4C(=O)N[C@@H](CCCN=C(N)N)C(=O)O)c2)OCC3)c1. The molecule has 0 saturated carbocycles. The number of ether oxygens (including phenoxy) is 1. The van der Waals surface area contributed by atoms with Crippen molar-refractivity contribution < 1.29 is 27.9 Å². The first-order valence-electron chi connectivity index (χ1n) is 13.2. The van der Waals surface area contributed by atoms with Crippen molar-refractivity contribution in [2.75, 3.05) is 32.0 Å². The largest absolute Gasteiger partial charge is 0.492 e. The molecule has 12 nitrogen and oxygen atoms in total. The lowest BCUT2D eigenvalue weighted by Gasteiger charge is -2.16. The molecule has 42 heavy (non-hydrogen) atoms. The molecule has 1 atom stereocenters. The minimum Gasteiger partial charge on any atom is -0.492 e. The summed E-state index contributed by atoms with van der Waals surface area (Å²) in [6, 6.07) is 11.7. The summed E-state index contributed by atoms with van der Waals surface area (Å²) >= 11 is 0.989. The average molecular weight is 615 g/mol. The number of guanidine groups is 1. The van der Waals surface area contributed by atoms with Crippen LogP contribution >= 0.6 is 11.3 Å². The second kappa shape index (κ2) is 13.2. The van der Waals surface area contributed by atoms with Crippen molar-refractivity contribution in [2.24, 2.45) is 16.5 Å². The van der Waals surface area contributed by atoms with Crippen LogP contribution in [0.2, 0.25) is 0 Å². The molecule has 14 heteroatoms. The number of carbonyl (C=O) groups is 2. The number of carboxylic acid groups (broad SMARTS) is 1. The molecule has 0 spiro atoms. The van der Waals surface area contributed by atoms with Gasteiger partial charge in [0.15, 0.2) is 5.96 Å². The van der Waals surface area contributed by atoms with Gasteiger partial charge in [0.25, 0.3) is 15.9 Å². The summed E-state index contributed by atoms with van der Waals surface area (Å²) in [7, 11) is -0.250. The van der Waals surface area contributed by atoms with Crippen molar-refractivity contribution in [1.82, 2.24) is 10.2 Å². The summed E-state index contributed by atoms with van der Waals surface area (Å²) < 4.78 is 35.7. The van der Waals surface area contributed by atoms with Gasteiger partial charge in [-0.15, -0.1) is 11.3 Å². The minimum atomic E-state index is -4.21. The number of aliphatic imine (C=N–C) groups is 1. The van der Waals surface area contributed by atoms with Gasteiger partial charge in [-0.05, 0) is 78.8 Å². The van der Waals surface area contributed by atoms with Gasteiger partial charge in [0.1, 0.15) is 21.6 Å². The fourth-order valence-electron chi connectivity index (χ4n) is 4.60. The lowest BCUT2D eigenvalue weighted by molar-refractivity contribution is -0.139. The number of hydrogen-bond acceptors (Lipinski definition) is 8. The molecule has 2 aromatic carbocycles. The van der Waals surface area contributed by atoms with Crippen LogP contribution in [0.4, 0.5) is 5.69 Å². The second-order valence-corrected chi connectivity index (χ2v) is 12.6. The fraction of sp³-hybridized carbons (Fsp3) is 0.321. The molecule has 0 unspecified atom stereocenters. The summed E-state index contributed by atoms with van der Waals surface area (Å²) in [6.45, 7) is 1.29. The molecule has 7 N–H and O–H groups in total. The summed E-state index contributed by atoms with van der Waals surface area (Å²) in [4.78, 5) is 30.6. The van der Waals surface area contributed by atoms with E-state index in [1.807, 2.05) is 44.4 Å². The predicted molar refractivity (Wildman–Crippen MR) is 162 cm³/mol. The summed E-state index contributed by atoms with van der Waals surface area (Å²) in [5.41, 5.74) is 14.1. The van der Waals surface area contributed by atoms with E-state index in [1.165, 1.54) is 6.07 Å². The van der Waals surface area contributed by atoms with Gasteiger partial charge in [-0.2, -0.15) is 0 Å². The molecule has 0 aliphatic carbocycles. The Hall–Kier alpha value is -4.14. The van der Waals surface area contributed by atoms with E-state index in [2.05, 4.69) is 19.9 Å². The molecule has 0 fully saturated rings. The maximum absolute atomic E-state index is 13.7. The fourth-order valence-corrected chi connectivity index (χ4v) is 6.71. The quantitative estimate of drug-likeness (QED) is 0.109. The first-order chi connectivity index (χ1) is 19.9. The normalized spacial score (nSPS) is 13.2. The van der Waals surface area contributed by atoms with Gasteiger partial charge in [-0.1, -0.05) is 18.2 Å². The molecule has 1 amide bonds. The average Bonchev–Trinajstić information content (AvgIpc) is 3.58. The van der Waals surface area contributed by atoms with Crippen LogP contribution in [0.5, 0.6) is 5.75 Å². The van der Waals surface area contributed by atoms with Crippen molar-refractivity contribution in [3.8, 4) is 16.9 Å². The Kier molecular flexibility index (Phi) is 9.70. The highest BCUT2D eigenvalue weighted by molar-refractivity contribution is 7.92. The number of thiophene rings is 1. The number of aliphatic carboxylic acids is 1. The zero-order valence-corrected chi connectivity index (χ0v) is 24.9. The maximum atomic E-state index is 13.7. The van der Waals surface area contributed by atoms with Crippen LogP contribution in [0.1, 0.15) is 33.6 Å². The molecule has 224 valence electrons. The lowest BCUT2D eigenvalue weighted by atomic mass is 10.00. The van der Waals surface area contributed by atoms with Crippen LogP contribution in [-0.2, 0) is 27.8 Å². The first kappa shape index (κ1) is 30.8. The standard InChI is InChI=1S/C28H34N6O6S2/c1-34(2)16-17-5-3-6-18(13-17)20-14-19-8-11-40-24(19)23(15-20)42(38,39)33-21-9-12-41-25(21)26(35)32-22(27(36)37)7-4-10-31-28(29)30/h3,5-6,9,12-15,22,33H,4,7-8,10-11,16H2,1-2H3,(H,32,35)(H,36,37)(H4,29,30,31)/t22-/m0/s1. The number of carboxylic acids is 1. The third kappa shape index (κ3) is 7.57. The molecule has 1 aromatic heterocycles. The summed E-state index contributed by atoms with van der Waals surface area (Å²) in [5.74, 6) is -1.78.